The van der Waals surface area contributed by atoms with Crippen LogP contribution in [0, 0.1) is 13.8 Å². The lowest BCUT2D eigenvalue weighted by atomic mass is 10.1. The normalized spacial score (nSPS) is 10.3. The Labute approximate surface area is 119 Å². The van der Waals surface area contributed by atoms with E-state index in [1.54, 1.807) is 0 Å². The predicted octanol–water partition coefficient (Wildman–Crippen LogP) is 3.70. The van der Waals surface area contributed by atoms with Gasteiger partial charge in [0.05, 0.1) is 11.4 Å². The highest BCUT2D eigenvalue weighted by Gasteiger charge is 2.09. The van der Waals surface area contributed by atoms with Gasteiger partial charge in [-0.1, -0.05) is 19.1 Å². The van der Waals surface area contributed by atoms with Gasteiger partial charge < -0.3 is 11.1 Å². The maximum Gasteiger partial charge on any atom is 0.255 e. The molecule has 0 saturated heterocycles. The maximum absolute atomic E-state index is 12.2. The Morgan fingerprint density at radius 1 is 1.10 bits per heavy atom. The van der Waals surface area contributed by atoms with E-state index in [2.05, 4.69) is 12.2 Å². The number of nitrogens with two attached hydrogens (primary N) is 1. The van der Waals surface area contributed by atoms with Gasteiger partial charge in [0.25, 0.3) is 5.91 Å². The number of aryl methyl sites for hydroxylation is 3. The Bertz CT molecular complexity index is 630. The molecule has 0 unspecified atom stereocenters. The molecule has 1 amide bonds. The minimum atomic E-state index is -0.136. The molecule has 2 rings (SSSR count). The van der Waals surface area contributed by atoms with Gasteiger partial charge in [-0.15, -0.1) is 0 Å². The summed E-state index contributed by atoms with van der Waals surface area (Å²) in [5, 5.41) is 2.87. The number of benzene rings is 2. The number of carbonyl (C=O) groups excluding carboxylic acids is 1. The molecule has 0 spiro atoms. The van der Waals surface area contributed by atoms with E-state index < -0.39 is 0 Å². The largest absolute Gasteiger partial charge is 0.397 e. The summed E-state index contributed by atoms with van der Waals surface area (Å²) < 4.78 is 0. The van der Waals surface area contributed by atoms with Crippen LogP contribution in [0.15, 0.2) is 36.4 Å². The van der Waals surface area contributed by atoms with E-state index >= 15 is 0 Å². The highest BCUT2D eigenvalue weighted by molar-refractivity contribution is 6.05. The molecule has 0 saturated carbocycles. The van der Waals surface area contributed by atoms with Crippen LogP contribution in [0.4, 0.5) is 11.4 Å². The van der Waals surface area contributed by atoms with E-state index in [-0.39, 0.29) is 5.91 Å². The second-order valence-corrected chi connectivity index (χ2v) is 5.03. The smallest absolute Gasteiger partial charge is 0.255 e. The zero-order valence-corrected chi connectivity index (χ0v) is 12.2. The third-order valence-corrected chi connectivity index (χ3v) is 3.54. The van der Waals surface area contributed by atoms with Crippen LogP contribution in [0.1, 0.15) is 34.0 Å². The molecule has 3 N–H and O–H groups in total. The van der Waals surface area contributed by atoms with Crippen molar-refractivity contribution in [2.24, 2.45) is 0 Å². The summed E-state index contributed by atoms with van der Waals surface area (Å²) in [6.45, 7) is 6.09. The van der Waals surface area contributed by atoms with Crippen molar-refractivity contribution >= 4 is 17.3 Å². The number of hydrogen-bond acceptors (Lipinski definition) is 2. The molecule has 3 nitrogen and oxygen atoms in total. The fourth-order valence-electron chi connectivity index (χ4n) is 2.03. The fraction of sp³-hybridized carbons (Fsp3) is 0.235. The van der Waals surface area contributed by atoms with E-state index in [1.807, 2.05) is 50.2 Å². The first-order valence-electron chi connectivity index (χ1n) is 6.78. The van der Waals surface area contributed by atoms with Crippen LogP contribution in [0.5, 0.6) is 0 Å². The molecule has 0 fully saturated rings. The summed E-state index contributed by atoms with van der Waals surface area (Å²) in [7, 11) is 0. The number of amides is 1. The highest BCUT2D eigenvalue weighted by atomic mass is 16.1. The SMILES string of the molecule is CCc1ccc(C(=O)Nc2cc(C)c(C)cc2N)cc1. The highest BCUT2D eigenvalue weighted by Crippen LogP contribution is 2.23. The lowest BCUT2D eigenvalue weighted by molar-refractivity contribution is 0.102. The number of rotatable bonds is 3. The van der Waals surface area contributed by atoms with Crippen LogP contribution in [-0.2, 0) is 6.42 Å². The topological polar surface area (TPSA) is 55.1 Å². The second-order valence-electron chi connectivity index (χ2n) is 5.03. The summed E-state index contributed by atoms with van der Waals surface area (Å²) in [6, 6.07) is 11.4. The molecule has 0 aliphatic rings. The fourth-order valence-corrected chi connectivity index (χ4v) is 2.03. The van der Waals surface area contributed by atoms with Crippen molar-refractivity contribution in [3.05, 3.63) is 58.7 Å². The molecule has 0 bridgehead atoms. The van der Waals surface area contributed by atoms with Crippen LogP contribution < -0.4 is 11.1 Å². The number of hydrogen-bond donors (Lipinski definition) is 2. The first-order valence-corrected chi connectivity index (χ1v) is 6.78. The number of carbonyl (C=O) groups is 1. The van der Waals surface area contributed by atoms with Gasteiger partial charge >= 0.3 is 0 Å². The van der Waals surface area contributed by atoms with E-state index in [0.717, 1.165) is 17.5 Å². The van der Waals surface area contributed by atoms with Gasteiger partial charge in [0.15, 0.2) is 0 Å². The van der Waals surface area contributed by atoms with Gasteiger partial charge in [-0.2, -0.15) is 0 Å². The molecule has 2 aromatic rings. The summed E-state index contributed by atoms with van der Waals surface area (Å²) in [5.74, 6) is -0.136. The van der Waals surface area contributed by atoms with Gasteiger partial charge in [0.2, 0.25) is 0 Å². The molecule has 0 aromatic heterocycles. The Morgan fingerprint density at radius 2 is 1.70 bits per heavy atom. The van der Waals surface area contributed by atoms with E-state index in [1.165, 1.54) is 5.56 Å². The Balaban J connectivity index is 2.20. The van der Waals surface area contributed by atoms with Crippen LogP contribution in [-0.4, -0.2) is 5.91 Å². The van der Waals surface area contributed by atoms with Crippen molar-refractivity contribution in [2.45, 2.75) is 27.2 Å². The molecule has 3 heteroatoms. The third kappa shape index (κ3) is 2.99. The van der Waals surface area contributed by atoms with E-state index in [4.69, 9.17) is 5.73 Å². The maximum atomic E-state index is 12.2. The molecular formula is C17H20N2O. The van der Waals surface area contributed by atoms with Crippen LogP contribution in [0.3, 0.4) is 0 Å². The minimum absolute atomic E-state index is 0.136. The van der Waals surface area contributed by atoms with Crippen LogP contribution in [0.2, 0.25) is 0 Å². The van der Waals surface area contributed by atoms with Gasteiger partial charge in [-0.3, -0.25) is 4.79 Å². The minimum Gasteiger partial charge on any atom is -0.397 e. The Hall–Kier alpha value is -2.29. The summed E-state index contributed by atoms with van der Waals surface area (Å²) >= 11 is 0. The molecule has 0 radical (unpaired) electrons. The summed E-state index contributed by atoms with van der Waals surface area (Å²) in [4.78, 5) is 12.2. The average molecular weight is 268 g/mol. The Kier molecular flexibility index (Phi) is 4.08. The van der Waals surface area contributed by atoms with Crippen molar-refractivity contribution in [3.8, 4) is 0 Å². The zero-order valence-electron chi connectivity index (χ0n) is 12.2. The summed E-state index contributed by atoms with van der Waals surface area (Å²) in [6.07, 6.45) is 0.964. The molecule has 0 aliphatic carbocycles. The lowest BCUT2D eigenvalue weighted by Crippen LogP contribution is -2.13. The van der Waals surface area contributed by atoms with Gasteiger partial charge in [-0.25, -0.2) is 0 Å². The Morgan fingerprint density at radius 3 is 2.30 bits per heavy atom. The number of nitrogen functional groups attached to an aromatic ring is 1. The molecule has 20 heavy (non-hydrogen) atoms. The van der Waals surface area contributed by atoms with Crippen LogP contribution in [0.25, 0.3) is 0 Å². The summed E-state index contributed by atoms with van der Waals surface area (Å²) in [5.41, 5.74) is 11.3. The quantitative estimate of drug-likeness (QED) is 0.834. The lowest BCUT2D eigenvalue weighted by Gasteiger charge is -2.11. The number of anilines is 2. The first-order chi connectivity index (χ1) is 9.51. The molecule has 0 heterocycles. The molecule has 104 valence electrons. The second kappa shape index (κ2) is 5.78. The van der Waals surface area contributed by atoms with Crippen molar-refractivity contribution in [3.63, 3.8) is 0 Å². The zero-order chi connectivity index (χ0) is 14.7. The predicted molar refractivity (Wildman–Crippen MR) is 84.1 cm³/mol. The van der Waals surface area contributed by atoms with Gasteiger partial charge in [0, 0.05) is 5.56 Å². The first kappa shape index (κ1) is 14.1. The molecule has 0 aliphatic heterocycles. The molecule has 2 aromatic carbocycles. The standard InChI is InChI=1S/C17H20N2O/c1-4-13-5-7-14(8-6-13)17(20)19-16-10-12(3)11(2)9-15(16)18/h5-10H,4,18H2,1-3H3,(H,19,20). The van der Waals surface area contributed by atoms with E-state index in [0.29, 0.717) is 16.9 Å². The van der Waals surface area contributed by atoms with E-state index in [9.17, 15) is 4.79 Å². The molecule has 0 atom stereocenters. The van der Waals surface area contributed by atoms with Crippen molar-refractivity contribution < 1.29 is 4.79 Å². The van der Waals surface area contributed by atoms with Crippen molar-refractivity contribution in [2.75, 3.05) is 11.1 Å². The van der Waals surface area contributed by atoms with Crippen molar-refractivity contribution in [1.82, 2.24) is 0 Å². The molecular weight excluding hydrogens is 248 g/mol. The van der Waals surface area contributed by atoms with Gasteiger partial charge in [0.1, 0.15) is 0 Å². The van der Waals surface area contributed by atoms with Crippen LogP contribution >= 0.6 is 0 Å². The number of nitrogens with one attached hydrogen (secondary N) is 1. The third-order valence-electron chi connectivity index (χ3n) is 3.54. The van der Waals surface area contributed by atoms with Crippen molar-refractivity contribution in [1.29, 1.82) is 0 Å². The average Bonchev–Trinajstić information content (AvgIpc) is 2.44. The monoisotopic (exact) mass is 268 g/mol. The van der Waals surface area contributed by atoms with Gasteiger partial charge in [-0.05, 0) is 61.2 Å².